The Hall–Kier alpha value is -1.39. The monoisotopic (exact) mass is 319 g/mol. The third kappa shape index (κ3) is 3.38. The van der Waals surface area contributed by atoms with Gasteiger partial charge in [-0.05, 0) is 6.42 Å². The highest BCUT2D eigenvalue weighted by Gasteiger charge is 2.62. The van der Waals surface area contributed by atoms with Crippen LogP contribution in [0, 0.1) is 0 Å². The van der Waals surface area contributed by atoms with E-state index in [0.29, 0.717) is 16.3 Å². The molecule has 0 saturated carbocycles. The van der Waals surface area contributed by atoms with E-state index >= 15 is 0 Å². The predicted octanol–water partition coefficient (Wildman–Crippen LogP) is 2.52. The van der Waals surface area contributed by atoms with Gasteiger partial charge in [0, 0.05) is 6.54 Å². The van der Waals surface area contributed by atoms with Gasteiger partial charge in [-0.25, -0.2) is 0 Å². The van der Waals surface area contributed by atoms with E-state index < -0.39 is 29.6 Å². The third-order valence-electron chi connectivity index (χ3n) is 2.13. The molecule has 0 atom stereocenters. The third-order valence-corrected chi connectivity index (χ3v) is 3.08. The SMILES string of the molecule is CCCn1c(SCC(=O)O)nnc1C(F)(F)C(F)(F)F. The highest BCUT2D eigenvalue weighted by molar-refractivity contribution is 7.99. The number of aromatic nitrogens is 3. The molecule has 0 fully saturated rings. The average molecular weight is 319 g/mol. The number of nitrogens with zero attached hydrogens (tertiary/aromatic N) is 3. The number of carboxylic acid groups (broad SMARTS) is 1. The summed E-state index contributed by atoms with van der Waals surface area (Å²) in [6.45, 7) is 1.40. The van der Waals surface area contributed by atoms with E-state index in [4.69, 9.17) is 5.11 Å². The molecule has 1 heterocycles. The van der Waals surface area contributed by atoms with Gasteiger partial charge in [-0.1, -0.05) is 18.7 Å². The minimum atomic E-state index is -5.79. The molecule has 0 aliphatic heterocycles. The molecule has 0 aliphatic rings. The van der Waals surface area contributed by atoms with Crippen molar-refractivity contribution in [3.05, 3.63) is 5.82 Å². The molecular formula is C9H10F5N3O2S. The van der Waals surface area contributed by atoms with E-state index in [1.165, 1.54) is 0 Å². The van der Waals surface area contributed by atoms with Crippen molar-refractivity contribution < 1.29 is 31.9 Å². The van der Waals surface area contributed by atoms with Crippen molar-refractivity contribution in [1.82, 2.24) is 14.8 Å². The van der Waals surface area contributed by atoms with Crippen molar-refractivity contribution >= 4 is 17.7 Å². The lowest BCUT2D eigenvalue weighted by Gasteiger charge is -2.19. The van der Waals surface area contributed by atoms with Gasteiger partial charge in [0.05, 0.1) is 5.75 Å². The van der Waals surface area contributed by atoms with E-state index in [1.807, 2.05) is 0 Å². The molecule has 1 rings (SSSR count). The van der Waals surface area contributed by atoms with Crippen LogP contribution in [0.15, 0.2) is 5.16 Å². The summed E-state index contributed by atoms with van der Waals surface area (Å²) < 4.78 is 64.2. The van der Waals surface area contributed by atoms with E-state index in [2.05, 4.69) is 10.2 Å². The van der Waals surface area contributed by atoms with Crippen molar-refractivity contribution in [2.45, 2.75) is 37.1 Å². The molecule has 114 valence electrons. The fourth-order valence-electron chi connectivity index (χ4n) is 1.31. The maximum Gasteiger partial charge on any atom is 0.461 e. The first-order valence-corrected chi connectivity index (χ1v) is 6.32. The maximum atomic E-state index is 13.3. The summed E-state index contributed by atoms with van der Waals surface area (Å²) in [5.41, 5.74) is 0. The van der Waals surface area contributed by atoms with Gasteiger partial charge in [0.2, 0.25) is 5.82 Å². The molecule has 0 spiro atoms. The van der Waals surface area contributed by atoms with Gasteiger partial charge < -0.3 is 9.67 Å². The number of thioether (sulfide) groups is 1. The highest BCUT2D eigenvalue weighted by atomic mass is 32.2. The second-order valence-electron chi connectivity index (χ2n) is 3.71. The first kappa shape index (κ1) is 16.7. The van der Waals surface area contributed by atoms with E-state index in [9.17, 15) is 26.7 Å². The molecule has 1 aromatic rings. The second-order valence-corrected chi connectivity index (χ2v) is 4.65. The van der Waals surface area contributed by atoms with Gasteiger partial charge in [-0.3, -0.25) is 4.79 Å². The molecule has 20 heavy (non-hydrogen) atoms. The molecule has 5 nitrogen and oxygen atoms in total. The normalized spacial score (nSPS) is 12.7. The number of carboxylic acids is 1. The minimum absolute atomic E-state index is 0.171. The van der Waals surface area contributed by atoms with Crippen LogP contribution in [0.5, 0.6) is 0 Å². The van der Waals surface area contributed by atoms with Crippen molar-refractivity contribution in [3.63, 3.8) is 0 Å². The standard InChI is InChI=1S/C9H10F5N3O2S/c1-2-3-17-6(8(10,11)9(12,13)14)15-16-7(17)20-4-5(18)19/h2-4H2,1H3,(H,18,19). The van der Waals surface area contributed by atoms with E-state index in [-0.39, 0.29) is 18.1 Å². The molecule has 0 saturated heterocycles. The predicted molar refractivity (Wildman–Crippen MR) is 58.6 cm³/mol. The highest BCUT2D eigenvalue weighted by Crippen LogP contribution is 2.43. The fourth-order valence-corrected chi connectivity index (χ4v) is 1.99. The van der Waals surface area contributed by atoms with Crippen molar-refractivity contribution in [2.24, 2.45) is 0 Å². The second kappa shape index (κ2) is 5.94. The summed E-state index contributed by atoms with van der Waals surface area (Å²) in [6.07, 6.45) is -5.53. The van der Waals surface area contributed by atoms with Crippen LogP contribution in [-0.4, -0.2) is 37.8 Å². The number of aliphatic carboxylic acids is 1. The van der Waals surface area contributed by atoms with Gasteiger partial charge in [0.1, 0.15) is 0 Å². The maximum absolute atomic E-state index is 13.3. The van der Waals surface area contributed by atoms with Crippen molar-refractivity contribution in [3.8, 4) is 0 Å². The Morgan fingerprint density at radius 1 is 1.30 bits per heavy atom. The van der Waals surface area contributed by atoms with Crippen LogP contribution in [-0.2, 0) is 17.3 Å². The van der Waals surface area contributed by atoms with Gasteiger partial charge in [-0.15, -0.1) is 10.2 Å². The first-order valence-electron chi connectivity index (χ1n) is 5.34. The van der Waals surface area contributed by atoms with E-state index in [1.54, 1.807) is 6.92 Å². The molecule has 0 bridgehead atoms. The molecule has 0 radical (unpaired) electrons. The molecular weight excluding hydrogens is 309 g/mol. The number of rotatable bonds is 6. The van der Waals surface area contributed by atoms with Crippen LogP contribution in [0.2, 0.25) is 0 Å². The average Bonchev–Trinajstić information content (AvgIpc) is 2.69. The Morgan fingerprint density at radius 2 is 1.90 bits per heavy atom. The van der Waals surface area contributed by atoms with Crippen LogP contribution in [0.4, 0.5) is 22.0 Å². The quantitative estimate of drug-likeness (QED) is 0.644. The molecule has 1 N–H and O–H groups in total. The summed E-state index contributed by atoms with van der Waals surface area (Å²) in [5, 5.41) is 14.3. The summed E-state index contributed by atoms with van der Waals surface area (Å²) in [6, 6.07) is 0. The Labute approximate surface area is 114 Å². The molecule has 0 unspecified atom stereocenters. The van der Waals surface area contributed by atoms with Gasteiger partial charge in [0.25, 0.3) is 0 Å². The molecule has 0 aromatic carbocycles. The Balaban J connectivity index is 3.18. The van der Waals surface area contributed by atoms with Crippen LogP contribution in [0.25, 0.3) is 0 Å². The van der Waals surface area contributed by atoms with Gasteiger partial charge in [0.15, 0.2) is 5.16 Å². The first-order chi connectivity index (χ1) is 9.11. The zero-order valence-corrected chi connectivity index (χ0v) is 10.9. The molecule has 0 aliphatic carbocycles. The molecule has 1 aromatic heterocycles. The fraction of sp³-hybridized carbons (Fsp3) is 0.667. The van der Waals surface area contributed by atoms with Crippen molar-refractivity contribution in [2.75, 3.05) is 5.75 Å². The number of hydrogen-bond acceptors (Lipinski definition) is 4. The summed E-state index contributed by atoms with van der Waals surface area (Å²) >= 11 is 0.532. The lowest BCUT2D eigenvalue weighted by Crippen LogP contribution is -2.36. The van der Waals surface area contributed by atoms with Gasteiger partial charge >= 0.3 is 18.1 Å². The zero-order valence-electron chi connectivity index (χ0n) is 10.1. The number of hydrogen-bond donors (Lipinski definition) is 1. The Kier molecular flexibility index (Phi) is 4.95. The van der Waals surface area contributed by atoms with Gasteiger partial charge in [-0.2, -0.15) is 22.0 Å². The van der Waals surface area contributed by atoms with Crippen LogP contribution in [0.1, 0.15) is 19.2 Å². The summed E-state index contributed by atoms with van der Waals surface area (Å²) in [4.78, 5) is 10.4. The summed E-state index contributed by atoms with van der Waals surface area (Å²) in [5.74, 6) is -8.43. The minimum Gasteiger partial charge on any atom is -0.481 e. The smallest absolute Gasteiger partial charge is 0.461 e. The molecule has 0 amide bonds. The number of carbonyl (C=O) groups is 1. The van der Waals surface area contributed by atoms with E-state index in [0.717, 1.165) is 0 Å². The van der Waals surface area contributed by atoms with Crippen LogP contribution >= 0.6 is 11.8 Å². The van der Waals surface area contributed by atoms with Crippen LogP contribution in [0.3, 0.4) is 0 Å². The van der Waals surface area contributed by atoms with Crippen molar-refractivity contribution in [1.29, 1.82) is 0 Å². The van der Waals surface area contributed by atoms with Crippen LogP contribution < -0.4 is 0 Å². The lowest BCUT2D eigenvalue weighted by molar-refractivity contribution is -0.293. The zero-order chi connectivity index (χ0) is 15.6. The molecule has 11 heteroatoms. The lowest BCUT2D eigenvalue weighted by atomic mass is 10.3. The summed E-state index contributed by atoms with van der Waals surface area (Å²) in [7, 11) is 0. The number of alkyl halides is 5. The Morgan fingerprint density at radius 3 is 2.35 bits per heavy atom. The topological polar surface area (TPSA) is 68.0 Å². The Bertz CT molecular complexity index is 488. The largest absolute Gasteiger partial charge is 0.481 e. The number of halogens is 5.